The van der Waals surface area contributed by atoms with Gasteiger partial charge in [0.05, 0.1) is 6.42 Å². The number of rotatable bonds is 6. The molecule has 68 valence electrons. The molecule has 0 aromatic carbocycles. The van der Waals surface area contributed by atoms with Crippen LogP contribution in [-0.4, -0.2) is 11.6 Å². The van der Waals surface area contributed by atoms with E-state index in [1.54, 1.807) is 6.92 Å². The van der Waals surface area contributed by atoms with E-state index in [1.807, 2.05) is 19.1 Å². The lowest BCUT2D eigenvalue weighted by Crippen LogP contribution is -2.05. The zero-order chi connectivity index (χ0) is 9.40. The molecule has 2 heteroatoms. The molecular weight excluding hydrogens is 152 g/mol. The summed E-state index contributed by atoms with van der Waals surface area (Å²) in [4.78, 5) is 21.8. The van der Waals surface area contributed by atoms with E-state index in [0.29, 0.717) is 12.8 Å². The molecule has 0 aliphatic carbocycles. The van der Waals surface area contributed by atoms with Crippen molar-refractivity contribution < 1.29 is 9.59 Å². The third-order valence-corrected chi connectivity index (χ3v) is 1.61. The monoisotopic (exact) mass is 168 g/mol. The second-order valence-electron chi connectivity index (χ2n) is 2.72. The van der Waals surface area contributed by atoms with Gasteiger partial charge >= 0.3 is 0 Å². The second-order valence-corrected chi connectivity index (χ2v) is 2.72. The van der Waals surface area contributed by atoms with Gasteiger partial charge in [-0.15, -0.1) is 0 Å². The summed E-state index contributed by atoms with van der Waals surface area (Å²) in [6.45, 7) is 3.70. The molecule has 0 aromatic rings. The van der Waals surface area contributed by atoms with Crippen LogP contribution >= 0.6 is 0 Å². The van der Waals surface area contributed by atoms with Crippen molar-refractivity contribution in [3.05, 3.63) is 12.2 Å². The average molecular weight is 168 g/mol. The number of carbonyl (C=O) groups is 2. The summed E-state index contributed by atoms with van der Waals surface area (Å²) in [5.74, 6) is 0.0976. The van der Waals surface area contributed by atoms with Gasteiger partial charge in [0.1, 0.15) is 11.6 Å². The van der Waals surface area contributed by atoms with Gasteiger partial charge in [0.2, 0.25) is 0 Å². The number of hydrogen-bond donors (Lipinski definition) is 0. The molecule has 2 nitrogen and oxygen atoms in total. The molecule has 0 atom stereocenters. The summed E-state index contributed by atoms with van der Waals surface area (Å²) in [6.07, 6.45) is 5.69. The lowest BCUT2D eigenvalue weighted by Gasteiger charge is -1.95. The van der Waals surface area contributed by atoms with Gasteiger partial charge in [-0.2, -0.15) is 0 Å². The molecule has 0 N–H and O–H groups in total. The molecule has 0 aliphatic rings. The highest BCUT2D eigenvalue weighted by Crippen LogP contribution is 1.98. The van der Waals surface area contributed by atoms with E-state index in [-0.39, 0.29) is 18.0 Å². The van der Waals surface area contributed by atoms with E-state index in [1.165, 1.54) is 0 Å². The maximum Gasteiger partial charge on any atom is 0.140 e. The first-order chi connectivity index (χ1) is 5.70. The number of Topliss-reactive ketones (excluding diaryl/α,β-unsaturated/α-hetero) is 2. The number of carbonyl (C=O) groups excluding carboxylic acids is 2. The minimum Gasteiger partial charge on any atom is -0.299 e. The van der Waals surface area contributed by atoms with Crippen LogP contribution in [0.25, 0.3) is 0 Å². The van der Waals surface area contributed by atoms with Crippen LogP contribution < -0.4 is 0 Å². The molecule has 0 bridgehead atoms. The number of hydrogen-bond acceptors (Lipinski definition) is 2. The molecule has 0 aromatic heterocycles. The van der Waals surface area contributed by atoms with Gasteiger partial charge in [-0.3, -0.25) is 9.59 Å². The molecule has 0 fully saturated rings. The highest BCUT2D eigenvalue weighted by Gasteiger charge is 2.05. The molecule has 0 aliphatic heterocycles. The van der Waals surface area contributed by atoms with Crippen LogP contribution in [0, 0.1) is 0 Å². The quantitative estimate of drug-likeness (QED) is 0.450. The normalized spacial score (nSPS) is 10.5. The minimum absolute atomic E-state index is 0.0421. The molecule has 0 unspecified atom stereocenters. The van der Waals surface area contributed by atoms with Gasteiger partial charge in [-0.1, -0.05) is 19.1 Å². The standard InChI is InChI=1S/C10H16O2/c1-3-5-6-7-10(12)8-9(11)4-2/h3,5H,4,6-8H2,1-2H3/b5-3+. The van der Waals surface area contributed by atoms with E-state index in [9.17, 15) is 9.59 Å². The Kier molecular flexibility index (Phi) is 6.25. The maximum absolute atomic E-state index is 11.0. The third kappa shape index (κ3) is 5.83. The highest BCUT2D eigenvalue weighted by molar-refractivity contribution is 5.98. The van der Waals surface area contributed by atoms with E-state index in [0.717, 1.165) is 6.42 Å². The Balaban J connectivity index is 3.53. The fourth-order valence-electron chi connectivity index (χ4n) is 0.844. The molecule has 0 amide bonds. The van der Waals surface area contributed by atoms with Crippen molar-refractivity contribution in [3.63, 3.8) is 0 Å². The van der Waals surface area contributed by atoms with Gasteiger partial charge in [0.15, 0.2) is 0 Å². The smallest absolute Gasteiger partial charge is 0.140 e. The van der Waals surface area contributed by atoms with Crippen molar-refractivity contribution in [3.8, 4) is 0 Å². The highest BCUT2D eigenvalue weighted by atomic mass is 16.1. The van der Waals surface area contributed by atoms with Crippen molar-refractivity contribution >= 4 is 11.6 Å². The number of ketones is 2. The van der Waals surface area contributed by atoms with Crippen molar-refractivity contribution in [2.45, 2.75) is 39.5 Å². The van der Waals surface area contributed by atoms with Gasteiger partial charge in [-0.05, 0) is 13.3 Å². The first-order valence-corrected chi connectivity index (χ1v) is 4.35. The van der Waals surface area contributed by atoms with Crippen molar-refractivity contribution in [2.75, 3.05) is 0 Å². The lowest BCUT2D eigenvalue weighted by atomic mass is 10.1. The fourth-order valence-corrected chi connectivity index (χ4v) is 0.844. The predicted molar refractivity (Wildman–Crippen MR) is 49.0 cm³/mol. The Morgan fingerprint density at radius 1 is 1.25 bits per heavy atom. The molecular formula is C10H16O2. The molecule has 0 saturated carbocycles. The summed E-state index contributed by atoms with van der Waals surface area (Å²) >= 11 is 0. The topological polar surface area (TPSA) is 34.1 Å². The largest absolute Gasteiger partial charge is 0.299 e. The van der Waals surface area contributed by atoms with E-state index in [2.05, 4.69) is 0 Å². The van der Waals surface area contributed by atoms with Crippen LogP contribution in [-0.2, 0) is 9.59 Å². The van der Waals surface area contributed by atoms with Gasteiger partial charge in [0, 0.05) is 12.8 Å². The van der Waals surface area contributed by atoms with Crippen molar-refractivity contribution in [2.24, 2.45) is 0 Å². The van der Waals surface area contributed by atoms with Crippen LogP contribution in [0.1, 0.15) is 39.5 Å². The third-order valence-electron chi connectivity index (χ3n) is 1.61. The Bertz CT molecular complexity index is 180. The summed E-state index contributed by atoms with van der Waals surface area (Å²) in [7, 11) is 0. The Morgan fingerprint density at radius 3 is 2.42 bits per heavy atom. The molecule has 0 rings (SSSR count). The maximum atomic E-state index is 11.0. The molecule has 12 heavy (non-hydrogen) atoms. The SMILES string of the molecule is C/C=C/CCC(=O)CC(=O)CC. The second kappa shape index (κ2) is 6.77. The summed E-state index contributed by atoms with van der Waals surface area (Å²) in [5.41, 5.74) is 0. The molecule has 0 spiro atoms. The van der Waals surface area contributed by atoms with Gasteiger partial charge < -0.3 is 0 Å². The lowest BCUT2D eigenvalue weighted by molar-refractivity contribution is -0.126. The van der Waals surface area contributed by atoms with E-state index >= 15 is 0 Å². The first kappa shape index (κ1) is 11.1. The van der Waals surface area contributed by atoms with E-state index in [4.69, 9.17) is 0 Å². The average Bonchev–Trinajstić information content (AvgIpc) is 2.05. The summed E-state index contributed by atoms with van der Waals surface area (Å²) < 4.78 is 0. The fraction of sp³-hybridized carbons (Fsp3) is 0.600. The van der Waals surface area contributed by atoms with Crippen LogP contribution in [0.3, 0.4) is 0 Å². The van der Waals surface area contributed by atoms with Gasteiger partial charge in [0.25, 0.3) is 0 Å². The predicted octanol–water partition coefficient (Wildman–Crippen LogP) is 2.28. The van der Waals surface area contributed by atoms with Crippen LogP contribution in [0.5, 0.6) is 0 Å². The van der Waals surface area contributed by atoms with Crippen LogP contribution in [0.15, 0.2) is 12.2 Å². The van der Waals surface area contributed by atoms with Gasteiger partial charge in [-0.25, -0.2) is 0 Å². The summed E-state index contributed by atoms with van der Waals surface area (Å²) in [6, 6.07) is 0. The minimum atomic E-state index is 0.0421. The van der Waals surface area contributed by atoms with Crippen LogP contribution in [0.2, 0.25) is 0 Å². The zero-order valence-electron chi connectivity index (χ0n) is 7.80. The first-order valence-electron chi connectivity index (χ1n) is 4.35. The number of allylic oxidation sites excluding steroid dienone is 2. The zero-order valence-corrected chi connectivity index (χ0v) is 7.80. The van der Waals surface area contributed by atoms with Crippen LogP contribution in [0.4, 0.5) is 0 Å². The Labute approximate surface area is 73.7 Å². The van der Waals surface area contributed by atoms with Crippen molar-refractivity contribution in [1.82, 2.24) is 0 Å². The Hall–Kier alpha value is -0.920. The molecule has 0 radical (unpaired) electrons. The van der Waals surface area contributed by atoms with Crippen molar-refractivity contribution in [1.29, 1.82) is 0 Å². The summed E-state index contributed by atoms with van der Waals surface area (Å²) in [5, 5.41) is 0. The molecule has 0 saturated heterocycles. The molecule has 0 heterocycles. The Morgan fingerprint density at radius 2 is 1.92 bits per heavy atom. The van der Waals surface area contributed by atoms with E-state index < -0.39 is 0 Å².